The summed E-state index contributed by atoms with van der Waals surface area (Å²) < 4.78 is 0. The van der Waals surface area contributed by atoms with E-state index >= 15 is 0 Å². The number of rotatable bonds is 3. The van der Waals surface area contributed by atoms with Gasteiger partial charge in [-0.05, 0) is 31.0 Å². The van der Waals surface area contributed by atoms with Crippen molar-refractivity contribution >= 4 is 11.6 Å². The Morgan fingerprint density at radius 2 is 2.26 bits per heavy atom. The maximum absolute atomic E-state index is 6.34. The molecule has 1 atom stereocenters. The van der Waals surface area contributed by atoms with Crippen molar-refractivity contribution in [2.24, 2.45) is 5.73 Å². The van der Waals surface area contributed by atoms with Gasteiger partial charge in [0.05, 0.1) is 11.2 Å². The summed E-state index contributed by atoms with van der Waals surface area (Å²) in [4.78, 5) is 8.13. The molecule has 1 aromatic carbocycles. The number of benzene rings is 1. The second-order valence-corrected chi connectivity index (χ2v) is 5.99. The van der Waals surface area contributed by atoms with Crippen LogP contribution in [0, 0.1) is 0 Å². The molecule has 0 radical (unpaired) electrons. The predicted molar refractivity (Wildman–Crippen MR) is 78.3 cm³/mol. The Balaban J connectivity index is 2.02. The van der Waals surface area contributed by atoms with Crippen LogP contribution in [0.15, 0.2) is 18.2 Å². The third kappa shape index (κ3) is 2.07. The average molecular weight is 276 g/mol. The van der Waals surface area contributed by atoms with Crippen molar-refractivity contribution in [1.82, 2.24) is 9.97 Å². The van der Waals surface area contributed by atoms with Crippen LogP contribution < -0.4 is 5.73 Å². The lowest BCUT2D eigenvalue weighted by atomic mass is 9.97. The van der Waals surface area contributed by atoms with Gasteiger partial charge in [0.1, 0.15) is 5.82 Å². The molecule has 3 rings (SSSR count). The highest BCUT2D eigenvalue weighted by molar-refractivity contribution is 6.30. The van der Waals surface area contributed by atoms with E-state index in [2.05, 4.69) is 11.9 Å². The molecular weight excluding hydrogens is 258 g/mol. The van der Waals surface area contributed by atoms with Crippen molar-refractivity contribution in [3.8, 4) is 11.3 Å². The van der Waals surface area contributed by atoms with Gasteiger partial charge >= 0.3 is 0 Å². The van der Waals surface area contributed by atoms with Crippen LogP contribution in [0.5, 0.6) is 0 Å². The van der Waals surface area contributed by atoms with E-state index in [1.807, 2.05) is 25.1 Å². The molecule has 0 amide bonds. The van der Waals surface area contributed by atoms with Crippen molar-refractivity contribution in [1.29, 1.82) is 0 Å². The third-order valence-electron chi connectivity index (χ3n) is 3.78. The van der Waals surface area contributed by atoms with Crippen LogP contribution in [-0.4, -0.2) is 9.97 Å². The number of H-pyrrole nitrogens is 1. The second-order valence-electron chi connectivity index (χ2n) is 5.56. The zero-order chi connectivity index (χ0) is 13.6. The van der Waals surface area contributed by atoms with Crippen LogP contribution in [0.2, 0.25) is 5.02 Å². The first kappa shape index (κ1) is 12.7. The third-order valence-corrected chi connectivity index (χ3v) is 4.01. The summed E-state index contributed by atoms with van der Waals surface area (Å²) in [7, 11) is 0. The van der Waals surface area contributed by atoms with Crippen molar-refractivity contribution in [2.75, 3.05) is 0 Å². The van der Waals surface area contributed by atoms with E-state index in [1.165, 1.54) is 11.1 Å². The summed E-state index contributed by atoms with van der Waals surface area (Å²) in [6, 6.07) is 5.97. The monoisotopic (exact) mass is 275 g/mol. The summed E-state index contributed by atoms with van der Waals surface area (Å²) in [5.74, 6) is 0.889. The zero-order valence-corrected chi connectivity index (χ0v) is 12.0. The van der Waals surface area contributed by atoms with Crippen molar-refractivity contribution in [2.45, 2.75) is 38.6 Å². The van der Waals surface area contributed by atoms with Crippen LogP contribution in [-0.2, 0) is 12.0 Å². The van der Waals surface area contributed by atoms with Gasteiger partial charge in [0.15, 0.2) is 0 Å². The van der Waals surface area contributed by atoms with Crippen molar-refractivity contribution in [3.05, 3.63) is 40.3 Å². The van der Waals surface area contributed by atoms with Gasteiger partial charge in [-0.2, -0.15) is 0 Å². The first-order valence-electron chi connectivity index (χ1n) is 6.68. The number of halogens is 1. The van der Waals surface area contributed by atoms with Gasteiger partial charge in [-0.3, -0.25) is 0 Å². The maximum atomic E-state index is 6.34. The highest BCUT2D eigenvalue weighted by Crippen LogP contribution is 2.37. The fourth-order valence-corrected chi connectivity index (χ4v) is 2.99. The fraction of sp³-hybridized carbons (Fsp3) is 0.400. The molecule has 100 valence electrons. The van der Waals surface area contributed by atoms with E-state index in [0.717, 1.165) is 41.5 Å². The molecule has 0 bridgehead atoms. The van der Waals surface area contributed by atoms with Crippen molar-refractivity contribution < 1.29 is 0 Å². The lowest BCUT2D eigenvalue weighted by Crippen LogP contribution is -2.34. The van der Waals surface area contributed by atoms with Gasteiger partial charge in [0, 0.05) is 22.7 Å². The molecule has 0 fully saturated rings. The normalized spacial score (nSPS) is 16.0. The Bertz CT molecular complexity index is 628. The topological polar surface area (TPSA) is 54.7 Å². The van der Waals surface area contributed by atoms with Crippen LogP contribution in [0.4, 0.5) is 0 Å². The second kappa shape index (κ2) is 4.36. The van der Waals surface area contributed by atoms with Gasteiger partial charge < -0.3 is 10.7 Å². The van der Waals surface area contributed by atoms with Crippen LogP contribution in [0.3, 0.4) is 0 Å². The number of hydrogen-bond donors (Lipinski definition) is 2. The minimum Gasteiger partial charge on any atom is -0.344 e. The fourth-order valence-electron chi connectivity index (χ4n) is 2.80. The SMILES string of the molecule is CCCC(C)(N)c1nc2c([nH]1)Cc1cc(Cl)ccc1-2. The first-order valence-corrected chi connectivity index (χ1v) is 7.06. The molecule has 1 unspecified atom stereocenters. The molecule has 0 saturated carbocycles. The Hall–Kier alpha value is -1.32. The number of fused-ring (bicyclic) bond motifs is 3. The van der Waals surface area contributed by atoms with Gasteiger partial charge in [-0.1, -0.05) is 31.0 Å². The molecule has 19 heavy (non-hydrogen) atoms. The quantitative estimate of drug-likeness (QED) is 0.767. The van der Waals surface area contributed by atoms with Crippen LogP contribution in [0.1, 0.15) is 43.8 Å². The smallest absolute Gasteiger partial charge is 0.126 e. The molecule has 4 heteroatoms. The Morgan fingerprint density at radius 3 is 3.00 bits per heavy atom. The van der Waals surface area contributed by atoms with Gasteiger partial charge in [0.2, 0.25) is 0 Å². The predicted octanol–water partition coefficient (Wildman–Crippen LogP) is 3.61. The first-order chi connectivity index (χ1) is 9.01. The summed E-state index contributed by atoms with van der Waals surface area (Å²) in [5, 5.41) is 0.777. The molecule has 0 saturated heterocycles. The van der Waals surface area contributed by atoms with Gasteiger partial charge in [-0.25, -0.2) is 4.98 Å². The van der Waals surface area contributed by atoms with Gasteiger partial charge in [0.25, 0.3) is 0 Å². The van der Waals surface area contributed by atoms with E-state index in [9.17, 15) is 0 Å². The number of imidazole rings is 1. The molecule has 3 N–H and O–H groups in total. The lowest BCUT2D eigenvalue weighted by molar-refractivity contribution is 0.423. The minimum atomic E-state index is -0.383. The van der Waals surface area contributed by atoms with E-state index < -0.39 is 0 Å². The number of aromatic nitrogens is 2. The van der Waals surface area contributed by atoms with Crippen molar-refractivity contribution in [3.63, 3.8) is 0 Å². The molecule has 1 heterocycles. The molecule has 1 aromatic heterocycles. The van der Waals surface area contributed by atoms with Crippen LogP contribution >= 0.6 is 11.6 Å². The summed E-state index contributed by atoms with van der Waals surface area (Å²) in [5.41, 5.74) is 10.6. The summed E-state index contributed by atoms with van der Waals surface area (Å²) >= 11 is 6.03. The van der Waals surface area contributed by atoms with Crippen LogP contribution in [0.25, 0.3) is 11.3 Å². The number of nitrogens with one attached hydrogen (secondary N) is 1. The van der Waals surface area contributed by atoms with E-state index in [0.29, 0.717) is 0 Å². The lowest BCUT2D eigenvalue weighted by Gasteiger charge is -2.21. The summed E-state index contributed by atoms with van der Waals surface area (Å²) in [6.07, 6.45) is 2.83. The van der Waals surface area contributed by atoms with Gasteiger partial charge in [-0.15, -0.1) is 0 Å². The summed E-state index contributed by atoms with van der Waals surface area (Å²) in [6.45, 7) is 4.17. The highest BCUT2D eigenvalue weighted by atomic mass is 35.5. The molecular formula is C15H18ClN3. The number of aromatic amines is 1. The van der Waals surface area contributed by atoms with E-state index in [4.69, 9.17) is 22.3 Å². The molecule has 0 aliphatic heterocycles. The Kier molecular flexibility index (Phi) is 2.91. The molecule has 2 aromatic rings. The molecule has 0 spiro atoms. The molecule has 1 aliphatic rings. The maximum Gasteiger partial charge on any atom is 0.126 e. The number of nitrogens with zero attached hydrogens (tertiary/aromatic N) is 1. The molecule has 3 nitrogen and oxygen atoms in total. The minimum absolute atomic E-state index is 0.383. The average Bonchev–Trinajstić information content (AvgIpc) is 2.85. The zero-order valence-electron chi connectivity index (χ0n) is 11.3. The number of nitrogens with two attached hydrogens (primary N) is 1. The Morgan fingerprint density at radius 1 is 1.47 bits per heavy atom. The standard InChI is InChI=1S/C15H18ClN3/c1-3-6-15(2,17)14-18-12-8-9-7-10(16)4-5-11(9)13(12)19-14/h4-5,7H,3,6,8,17H2,1-2H3,(H,18,19). The molecule has 1 aliphatic carbocycles. The number of hydrogen-bond acceptors (Lipinski definition) is 2. The highest BCUT2D eigenvalue weighted by Gasteiger charge is 2.29. The van der Waals surface area contributed by atoms with E-state index in [1.54, 1.807) is 0 Å². The Labute approximate surface area is 118 Å². The largest absolute Gasteiger partial charge is 0.344 e. The van der Waals surface area contributed by atoms with E-state index in [-0.39, 0.29) is 5.54 Å².